The van der Waals surface area contributed by atoms with Crippen LogP contribution in [0.5, 0.6) is 5.75 Å². The number of aromatic hydroxyl groups is 1. The van der Waals surface area contributed by atoms with Crippen molar-refractivity contribution in [3.8, 4) is 18.2 Å². The molecule has 5 N–H and O–H groups in total. The van der Waals surface area contributed by atoms with E-state index in [0.717, 1.165) is 4.90 Å². The Morgan fingerprint density at radius 3 is 2.37 bits per heavy atom. The van der Waals surface area contributed by atoms with Crippen molar-refractivity contribution in [1.29, 1.82) is 0 Å². The van der Waals surface area contributed by atoms with E-state index in [9.17, 15) is 29.1 Å². The zero-order valence-electron chi connectivity index (χ0n) is 22.3. The number of terminal acetylenes is 1. The van der Waals surface area contributed by atoms with Crippen molar-refractivity contribution in [2.75, 3.05) is 13.2 Å². The summed E-state index contributed by atoms with van der Waals surface area (Å²) in [6.07, 6.45) is 4.15. The number of esters is 1. The number of hydrogen-bond donors (Lipinski definition) is 4. The van der Waals surface area contributed by atoms with Crippen LogP contribution in [0.25, 0.3) is 0 Å². The zero-order chi connectivity index (χ0) is 29.0. The number of ether oxygens (including phenoxy) is 2. The van der Waals surface area contributed by atoms with Crippen molar-refractivity contribution in [2.45, 2.75) is 71.6 Å². The van der Waals surface area contributed by atoms with Gasteiger partial charge in [-0.2, -0.15) is 0 Å². The molecule has 0 aliphatic carbocycles. The van der Waals surface area contributed by atoms with Gasteiger partial charge in [-0.3, -0.25) is 24.1 Å². The number of alkyl carbamates (subject to hydrolysis) is 1. The third-order valence-corrected chi connectivity index (χ3v) is 5.02. The van der Waals surface area contributed by atoms with E-state index < -0.39 is 47.5 Å². The van der Waals surface area contributed by atoms with Crippen LogP contribution >= 0.6 is 0 Å². The summed E-state index contributed by atoms with van der Waals surface area (Å²) in [4.78, 5) is 63.2. The molecule has 0 radical (unpaired) electrons. The van der Waals surface area contributed by atoms with Crippen LogP contribution < -0.4 is 16.4 Å². The van der Waals surface area contributed by atoms with Crippen molar-refractivity contribution in [1.82, 2.24) is 15.5 Å². The van der Waals surface area contributed by atoms with Gasteiger partial charge in [0.15, 0.2) is 0 Å². The lowest BCUT2D eigenvalue weighted by molar-refractivity contribution is -0.143. The molecule has 38 heavy (non-hydrogen) atoms. The summed E-state index contributed by atoms with van der Waals surface area (Å²) in [5.41, 5.74) is 5.03. The molecule has 1 aromatic carbocycles. The standard InChI is InChI=1S/C26H36N4O8/c1-7-30(24(35)18(10-12-20(27)32)29-25(36)38-26(4,5)6)22(17-9-11-19(31)16(3)15-17)23(34)28-14-13-21(33)37-8-2/h1,9,11,15,18,22,31H,8,10,12-14H2,2-6H3,(H2,27,32)(H,28,34)(H,29,36). The fourth-order valence-electron chi connectivity index (χ4n) is 3.31. The number of amides is 4. The first kappa shape index (κ1) is 31.8. The van der Waals surface area contributed by atoms with E-state index in [1.807, 2.05) is 0 Å². The maximum Gasteiger partial charge on any atom is 0.408 e. The third kappa shape index (κ3) is 10.4. The Morgan fingerprint density at radius 1 is 1.18 bits per heavy atom. The van der Waals surface area contributed by atoms with Gasteiger partial charge >= 0.3 is 12.1 Å². The minimum absolute atomic E-state index is 0.0419. The highest BCUT2D eigenvalue weighted by Gasteiger charge is 2.36. The molecule has 2 unspecified atom stereocenters. The van der Waals surface area contributed by atoms with Crippen molar-refractivity contribution in [2.24, 2.45) is 5.73 Å². The van der Waals surface area contributed by atoms with Gasteiger partial charge in [-0.05, 0) is 64.3 Å². The average molecular weight is 533 g/mol. The molecule has 12 nitrogen and oxygen atoms in total. The summed E-state index contributed by atoms with van der Waals surface area (Å²) >= 11 is 0. The van der Waals surface area contributed by atoms with Crippen LogP contribution in [0.1, 0.15) is 64.1 Å². The summed E-state index contributed by atoms with van der Waals surface area (Å²) < 4.78 is 10.1. The number of hydrogen-bond acceptors (Lipinski definition) is 8. The van der Waals surface area contributed by atoms with Crippen LogP contribution in [0.15, 0.2) is 18.2 Å². The number of phenolic OH excluding ortho intramolecular Hbond substituents is 1. The van der Waals surface area contributed by atoms with Gasteiger partial charge < -0.3 is 30.9 Å². The smallest absolute Gasteiger partial charge is 0.408 e. The van der Waals surface area contributed by atoms with Crippen LogP contribution in [0, 0.1) is 19.4 Å². The van der Waals surface area contributed by atoms with Crippen molar-refractivity contribution >= 4 is 29.8 Å². The summed E-state index contributed by atoms with van der Waals surface area (Å²) in [7, 11) is 0. The normalized spacial score (nSPS) is 12.3. The highest BCUT2D eigenvalue weighted by Crippen LogP contribution is 2.27. The highest BCUT2D eigenvalue weighted by atomic mass is 16.6. The number of carbonyl (C=O) groups is 5. The maximum absolute atomic E-state index is 13.6. The van der Waals surface area contributed by atoms with E-state index in [-0.39, 0.29) is 43.7 Å². The van der Waals surface area contributed by atoms with E-state index in [4.69, 9.17) is 21.6 Å². The Bertz CT molecular complexity index is 1070. The Labute approximate surface area is 222 Å². The summed E-state index contributed by atoms with van der Waals surface area (Å²) in [6.45, 7) is 8.21. The van der Waals surface area contributed by atoms with Crippen LogP contribution in [-0.2, 0) is 28.7 Å². The first-order valence-corrected chi connectivity index (χ1v) is 12.0. The molecule has 0 aromatic heterocycles. The summed E-state index contributed by atoms with van der Waals surface area (Å²) in [5, 5.41) is 14.9. The van der Waals surface area contributed by atoms with Crippen LogP contribution in [0.2, 0.25) is 0 Å². The van der Waals surface area contributed by atoms with Gasteiger partial charge in [0, 0.05) is 19.0 Å². The molecule has 0 fully saturated rings. The number of rotatable bonds is 12. The predicted octanol–water partition coefficient (Wildman–Crippen LogP) is 1.39. The van der Waals surface area contributed by atoms with Gasteiger partial charge in [0.2, 0.25) is 11.8 Å². The van der Waals surface area contributed by atoms with E-state index in [0.29, 0.717) is 5.56 Å². The van der Waals surface area contributed by atoms with Gasteiger partial charge in [-0.15, -0.1) is 0 Å². The minimum Gasteiger partial charge on any atom is -0.508 e. The van der Waals surface area contributed by atoms with Gasteiger partial charge in [0.05, 0.1) is 13.0 Å². The monoisotopic (exact) mass is 532 g/mol. The molecule has 12 heteroatoms. The molecule has 1 aromatic rings. The molecule has 0 bridgehead atoms. The number of primary amides is 1. The van der Waals surface area contributed by atoms with E-state index >= 15 is 0 Å². The number of phenols is 1. The highest BCUT2D eigenvalue weighted by molar-refractivity contribution is 5.93. The van der Waals surface area contributed by atoms with Crippen molar-refractivity contribution < 1.29 is 38.6 Å². The Morgan fingerprint density at radius 2 is 1.84 bits per heavy atom. The van der Waals surface area contributed by atoms with Crippen LogP contribution in [-0.4, -0.2) is 64.6 Å². The molecule has 4 amide bonds. The molecule has 0 aliphatic rings. The molecule has 2 atom stereocenters. The summed E-state index contributed by atoms with van der Waals surface area (Å²) in [6, 6.07) is 3.64. The molecule has 0 aliphatic heterocycles. The maximum atomic E-state index is 13.6. The second-order valence-electron chi connectivity index (χ2n) is 9.34. The average Bonchev–Trinajstić information content (AvgIpc) is 2.80. The molecule has 0 spiro atoms. The largest absolute Gasteiger partial charge is 0.508 e. The first-order valence-electron chi connectivity index (χ1n) is 12.0. The molecule has 0 heterocycles. The van der Waals surface area contributed by atoms with Crippen molar-refractivity contribution in [3.05, 3.63) is 29.3 Å². The van der Waals surface area contributed by atoms with E-state index in [1.54, 1.807) is 34.6 Å². The molecular weight excluding hydrogens is 496 g/mol. The first-order chi connectivity index (χ1) is 17.7. The SMILES string of the molecule is C#CN(C(=O)C(CCC(N)=O)NC(=O)OC(C)(C)C)C(C(=O)NCCC(=O)OCC)c1ccc(O)c(C)c1. The fourth-order valence-corrected chi connectivity index (χ4v) is 3.31. The second-order valence-corrected chi connectivity index (χ2v) is 9.34. The van der Waals surface area contributed by atoms with E-state index in [2.05, 4.69) is 16.7 Å². The number of aryl methyl sites for hydroxylation is 1. The number of benzene rings is 1. The predicted molar refractivity (Wildman–Crippen MR) is 137 cm³/mol. The summed E-state index contributed by atoms with van der Waals surface area (Å²) in [5.74, 6) is -2.89. The van der Waals surface area contributed by atoms with E-state index in [1.165, 1.54) is 18.2 Å². The van der Waals surface area contributed by atoms with Gasteiger partial charge in [0.25, 0.3) is 5.91 Å². The molecule has 1 rings (SSSR count). The lowest BCUT2D eigenvalue weighted by Crippen LogP contribution is -2.51. The quantitative estimate of drug-likeness (QED) is 0.177. The van der Waals surface area contributed by atoms with Crippen LogP contribution in [0.4, 0.5) is 4.79 Å². The Kier molecular flexibility index (Phi) is 12.1. The second kappa shape index (κ2) is 14.5. The van der Waals surface area contributed by atoms with Crippen molar-refractivity contribution in [3.63, 3.8) is 0 Å². The molecule has 0 saturated carbocycles. The molecule has 208 valence electrons. The van der Waals surface area contributed by atoms with Gasteiger partial charge in [-0.25, -0.2) is 4.79 Å². The molecular formula is C26H36N4O8. The van der Waals surface area contributed by atoms with Gasteiger partial charge in [0.1, 0.15) is 23.4 Å². The Hall–Kier alpha value is -4.27. The topological polar surface area (TPSA) is 177 Å². The lowest BCUT2D eigenvalue weighted by Gasteiger charge is -2.30. The zero-order valence-corrected chi connectivity index (χ0v) is 22.3. The number of carbonyl (C=O) groups excluding carboxylic acids is 5. The number of nitrogens with two attached hydrogens (primary N) is 1. The number of nitrogens with one attached hydrogen (secondary N) is 2. The van der Waals surface area contributed by atoms with Crippen LogP contribution in [0.3, 0.4) is 0 Å². The Balaban J connectivity index is 3.36. The number of nitrogens with zero attached hydrogens (tertiary/aromatic N) is 1. The van der Waals surface area contributed by atoms with Gasteiger partial charge in [-0.1, -0.05) is 12.5 Å². The lowest BCUT2D eigenvalue weighted by atomic mass is 10.00. The minimum atomic E-state index is -1.41. The third-order valence-electron chi connectivity index (χ3n) is 5.02. The fraction of sp³-hybridized carbons (Fsp3) is 0.500. The molecule has 0 saturated heterocycles.